The van der Waals surface area contributed by atoms with Gasteiger partial charge in [0.25, 0.3) is 0 Å². The first-order valence-corrected chi connectivity index (χ1v) is 8.13. The van der Waals surface area contributed by atoms with Gasteiger partial charge in [0.1, 0.15) is 4.90 Å². The molecule has 2 aromatic rings. The van der Waals surface area contributed by atoms with Crippen molar-refractivity contribution in [2.75, 3.05) is 18.9 Å². The Bertz CT molecular complexity index is 696. The van der Waals surface area contributed by atoms with E-state index in [9.17, 15) is 8.42 Å². The summed E-state index contributed by atoms with van der Waals surface area (Å²) >= 11 is 0. The van der Waals surface area contributed by atoms with E-state index in [-0.39, 0.29) is 4.90 Å². The number of hydrogen-bond acceptors (Lipinski definition) is 5. The van der Waals surface area contributed by atoms with Gasteiger partial charge < -0.3 is 5.32 Å². The average Bonchev–Trinajstić information content (AvgIpc) is 2.89. The molecule has 114 valence electrons. The van der Waals surface area contributed by atoms with Crippen molar-refractivity contribution >= 4 is 15.7 Å². The molecule has 21 heavy (non-hydrogen) atoms. The Hall–Kier alpha value is -1.93. The summed E-state index contributed by atoms with van der Waals surface area (Å²) in [5.41, 5.74) is 2.65. The molecule has 3 N–H and O–H groups in total. The van der Waals surface area contributed by atoms with Gasteiger partial charge in [0.2, 0.25) is 10.0 Å². The van der Waals surface area contributed by atoms with Crippen LogP contribution in [0.4, 0.5) is 5.69 Å². The molecule has 0 saturated carbocycles. The number of aryl methyl sites for hydroxylation is 2. The third-order valence-electron chi connectivity index (χ3n) is 3.19. The molecule has 0 radical (unpaired) electrons. The summed E-state index contributed by atoms with van der Waals surface area (Å²) in [5, 5.41) is 9.65. The van der Waals surface area contributed by atoms with Gasteiger partial charge in [-0.05, 0) is 31.4 Å². The fourth-order valence-corrected chi connectivity index (χ4v) is 3.22. The van der Waals surface area contributed by atoms with Gasteiger partial charge in [-0.25, -0.2) is 13.1 Å². The molecule has 8 heteroatoms. The van der Waals surface area contributed by atoms with Crippen LogP contribution in [0.1, 0.15) is 17.7 Å². The summed E-state index contributed by atoms with van der Waals surface area (Å²) in [6.07, 6.45) is 6.14. The molecule has 2 heterocycles. The number of pyridine rings is 1. The van der Waals surface area contributed by atoms with Crippen LogP contribution in [-0.4, -0.2) is 37.2 Å². The number of H-pyrrole nitrogens is 1. The van der Waals surface area contributed by atoms with Crippen LogP contribution >= 0.6 is 0 Å². The molecule has 0 saturated heterocycles. The number of nitrogens with one attached hydrogen (secondary N) is 3. The van der Waals surface area contributed by atoms with Crippen molar-refractivity contribution in [1.82, 2.24) is 19.9 Å². The van der Waals surface area contributed by atoms with Crippen LogP contribution in [0.2, 0.25) is 0 Å². The number of sulfonamides is 1. The molecule has 7 nitrogen and oxygen atoms in total. The van der Waals surface area contributed by atoms with Gasteiger partial charge >= 0.3 is 0 Å². The van der Waals surface area contributed by atoms with E-state index in [4.69, 9.17) is 0 Å². The summed E-state index contributed by atoms with van der Waals surface area (Å²) in [6, 6.07) is 1.63. The third-order valence-corrected chi connectivity index (χ3v) is 4.68. The van der Waals surface area contributed by atoms with Gasteiger partial charge in [-0.1, -0.05) is 0 Å². The van der Waals surface area contributed by atoms with Crippen LogP contribution < -0.4 is 10.0 Å². The fourth-order valence-electron chi connectivity index (χ4n) is 1.99. The Morgan fingerprint density at radius 2 is 2.14 bits per heavy atom. The van der Waals surface area contributed by atoms with Crippen LogP contribution in [0, 0.1) is 6.92 Å². The SMILES string of the molecule is CNc1ccncc1S(=O)(=O)NCCCc1cn[nH]c1C. The second-order valence-corrected chi connectivity index (χ2v) is 6.38. The minimum atomic E-state index is -3.55. The molecule has 0 aliphatic heterocycles. The molecule has 0 bridgehead atoms. The van der Waals surface area contributed by atoms with Gasteiger partial charge in [0.15, 0.2) is 0 Å². The van der Waals surface area contributed by atoms with Crippen molar-refractivity contribution in [3.05, 3.63) is 35.9 Å². The second kappa shape index (κ2) is 6.68. The molecule has 2 aromatic heterocycles. The van der Waals surface area contributed by atoms with Crippen molar-refractivity contribution in [1.29, 1.82) is 0 Å². The molecule has 0 fully saturated rings. The maximum atomic E-state index is 12.2. The van der Waals surface area contributed by atoms with Crippen LogP contribution in [0.5, 0.6) is 0 Å². The molecule has 0 spiro atoms. The lowest BCUT2D eigenvalue weighted by atomic mass is 10.1. The number of rotatable bonds is 7. The van der Waals surface area contributed by atoms with Gasteiger partial charge in [0, 0.05) is 31.7 Å². The van der Waals surface area contributed by atoms with Crippen molar-refractivity contribution < 1.29 is 8.42 Å². The van der Waals surface area contributed by atoms with Crippen molar-refractivity contribution in [2.45, 2.75) is 24.7 Å². The minimum Gasteiger partial charge on any atom is -0.387 e. The quantitative estimate of drug-likeness (QED) is 0.664. The lowest BCUT2D eigenvalue weighted by Gasteiger charge is -2.10. The lowest BCUT2D eigenvalue weighted by Crippen LogP contribution is -2.26. The van der Waals surface area contributed by atoms with E-state index in [1.807, 2.05) is 6.92 Å². The van der Waals surface area contributed by atoms with Crippen molar-refractivity contribution in [3.63, 3.8) is 0 Å². The number of aromatic amines is 1. The van der Waals surface area contributed by atoms with E-state index >= 15 is 0 Å². The zero-order chi connectivity index (χ0) is 15.3. The lowest BCUT2D eigenvalue weighted by molar-refractivity contribution is 0.579. The van der Waals surface area contributed by atoms with Gasteiger partial charge in [-0.2, -0.15) is 5.10 Å². The van der Waals surface area contributed by atoms with Crippen LogP contribution in [0.15, 0.2) is 29.6 Å². The van der Waals surface area contributed by atoms with E-state index in [1.54, 1.807) is 25.5 Å². The van der Waals surface area contributed by atoms with E-state index in [1.165, 1.54) is 6.20 Å². The van der Waals surface area contributed by atoms with Gasteiger partial charge in [-0.15, -0.1) is 0 Å². The van der Waals surface area contributed by atoms with Gasteiger partial charge in [-0.3, -0.25) is 10.1 Å². The molecule has 0 aliphatic rings. The zero-order valence-corrected chi connectivity index (χ0v) is 12.9. The Labute approximate surface area is 124 Å². The Kier molecular flexibility index (Phi) is 4.92. The smallest absolute Gasteiger partial charge is 0.244 e. The summed E-state index contributed by atoms with van der Waals surface area (Å²) < 4.78 is 27.1. The molecule has 2 rings (SSSR count). The molecule has 0 aliphatic carbocycles. The zero-order valence-electron chi connectivity index (χ0n) is 12.0. The first-order chi connectivity index (χ1) is 10.0. The normalized spacial score (nSPS) is 11.5. The van der Waals surface area contributed by atoms with E-state index < -0.39 is 10.0 Å². The number of hydrogen-bond donors (Lipinski definition) is 3. The predicted octanol–water partition coefficient (Wildman–Crippen LogP) is 1.07. The number of anilines is 1. The Balaban J connectivity index is 1.94. The van der Waals surface area contributed by atoms with E-state index in [0.29, 0.717) is 18.7 Å². The van der Waals surface area contributed by atoms with Crippen molar-refractivity contribution in [3.8, 4) is 0 Å². The van der Waals surface area contributed by atoms with E-state index in [0.717, 1.165) is 17.7 Å². The molecule has 0 atom stereocenters. The maximum absolute atomic E-state index is 12.2. The highest BCUT2D eigenvalue weighted by molar-refractivity contribution is 7.89. The minimum absolute atomic E-state index is 0.159. The average molecular weight is 309 g/mol. The van der Waals surface area contributed by atoms with Crippen LogP contribution in [-0.2, 0) is 16.4 Å². The predicted molar refractivity (Wildman–Crippen MR) is 80.6 cm³/mol. The Morgan fingerprint density at radius 1 is 1.33 bits per heavy atom. The molecule has 0 amide bonds. The highest BCUT2D eigenvalue weighted by Crippen LogP contribution is 2.18. The monoisotopic (exact) mass is 309 g/mol. The molecular weight excluding hydrogens is 290 g/mol. The molecule has 0 unspecified atom stereocenters. The second-order valence-electron chi connectivity index (χ2n) is 4.64. The molecule has 0 aromatic carbocycles. The third kappa shape index (κ3) is 3.79. The first-order valence-electron chi connectivity index (χ1n) is 6.65. The standard InChI is InChI=1S/C13H19N5O2S/c1-10-11(8-16-18-10)4-3-6-17-21(19,20)13-9-15-7-5-12(13)14-2/h5,7-9,17H,3-4,6H2,1-2H3,(H,14,15)(H,16,18). The van der Waals surface area contributed by atoms with Gasteiger partial charge in [0.05, 0.1) is 11.9 Å². The first kappa shape index (κ1) is 15.5. The topological polar surface area (TPSA) is 99.8 Å². The number of aromatic nitrogens is 3. The summed E-state index contributed by atoms with van der Waals surface area (Å²) in [7, 11) is -1.88. The summed E-state index contributed by atoms with van der Waals surface area (Å²) in [6.45, 7) is 2.31. The van der Waals surface area contributed by atoms with Crippen LogP contribution in [0.25, 0.3) is 0 Å². The Morgan fingerprint density at radius 3 is 2.81 bits per heavy atom. The maximum Gasteiger partial charge on any atom is 0.244 e. The van der Waals surface area contributed by atoms with E-state index in [2.05, 4.69) is 25.2 Å². The van der Waals surface area contributed by atoms with Crippen molar-refractivity contribution in [2.24, 2.45) is 0 Å². The molecular formula is C13H19N5O2S. The summed E-state index contributed by atoms with van der Waals surface area (Å²) in [5.74, 6) is 0. The highest BCUT2D eigenvalue weighted by atomic mass is 32.2. The fraction of sp³-hybridized carbons (Fsp3) is 0.385. The van der Waals surface area contributed by atoms with Crippen LogP contribution in [0.3, 0.4) is 0 Å². The number of nitrogens with zero attached hydrogens (tertiary/aromatic N) is 2. The highest BCUT2D eigenvalue weighted by Gasteiger charge is 2.17. The summed E-state index contributed by atoms with van der Waals surface area (Å²) in [4.78, 5) is 4.03. The largest absolute Gasteiger partial charge is 0.387 e.